The largest absolute Gasteiger partial charge is 0.494 e. The summed E-state index contributed by atoms with van der Waals surface area (Å²) in [7, 11) is 0. The van der Waals surface area contributed by atoms with Crippen LogP contribution in [-0.4, -0.2) is 23.2 Å². The van der Waals surface area contributed by atoms with Gasteiger partial charge in [-0.2, -0.15) is 0 Å². The molecule has 4 nitrogen and oxygen atoms in total. The van der Waals surface area contributed by atoms with E-state index in [1.165, 1.54) is 32.1 Å². The molecule has 0 bridgehead atoms. The number of hydrogen-bond acceptors (Lipinski definition) is 4. The minimum absolute atomic E-state index is 0.520. The second kappa shape index (κ2) is 15.5. The summed E-state index contributed by atoms with van der Waals surface area (Å²) in [5.74, 6) is 2.42. The molecule has 3 aromatic rings. The highest BCUT2D eigenvalue weighted by Crippen LogP contribution is 2.24. The summed E-state index contributed by atoms with van der Waals surface area (Å²) in [5, 5.41) is 0. The summed E-state index contributed by atoms with van der Waals surface area (Å²) in [4.78, 5) is 9.12. The van der Waals surface area contributed by atoms with Gasteiger partial charge in [0.25, 0.3) is 0 Å². The molecule has 0 aliphatic rings. The van der Waals surface area contributed by atoms with Crippen molar-refractivity contribution in [3.63, 3.8) is 0 Å². The van der Waals surface area contributed by atoms with Crippen molar-refractivity contribution in [2.75, 3.05) is 13.2 Å². The Labute approximate surface area is 210 Å². The Morgan fingerprint density at radius 3 is 1.97 bits per heavy atom. The third kappa shape index (κ3) is 9.42. The van der Waals surface area contributed by atoms with Gasteiger partial charge in [-0.3, -0.25) is 0 Å². The number of hydrogen-bond donors (Lipinski definition) is 0. The number of aromatic nitrogens is 2. The summed E-state index contributed by atoms with van der Waals surface area (Å²) in [6, 6.07) is 16.0. The van der Waals surface area contributed by atoms with Gasteiger partial charge in [0.15, 0.2) is 5.82 Å². The molecule has 0 saturated heterocycles. The standard InChI is InChI=1S/C31H38N2O2/c1-3-5-7-8-9-10-11-12-13-23-35-29-18-14-26(15-19-29)28-24-32-31(33-25-28)27-16-20-30(21-17-27)34-22-6-4-2/h11,13-21,24-25H,3-10,22-23H2,1-2H3. The van der Waals surface area contributed by atoms with Gasteiger partial charge in [0.1, 0.15) is 18.1 Å². The maximum atomic E-state index is 5.79. The second-order valence-electron chi connectivity index (χ2n) is 8.63. The zero-order valence-electron chi connectivity index (χ0n) is 21.2. The fraction of sp³-hybridized carbons (Fsp3) is 0.387. The maximum Gasteiger partial charge on any atom is 0.159 e. The van der Waals surface area contributed by atoms with E-state index in [2.05, 4.69) is 35.6 Å². The third-order valence-electron chi connectivity index (χ3n) is 5.74. The molecule has 0 amide bonds. The molecule has 0 unspecified atom stereocenters. The second-order valence-corrected chi connectivity index (χ2v) is 8.63. The van der Waals surface area contributed by atoms with Crippen LogP contribution in [0.1, 0.15) is 65.2 Å². The van der Waals surface area contributed by atoms with Crippen molar-refractivity contribution >= 4 is 0 Å². The minimum Gasteiger partial charge on any atom is -0.494 e. The molecule has 0 aliphatic heterocycles. The van der Waals surface area contributed by atoms with Gasteiger partial charge >= 0.3 is 0 Å². The van der Waals surface area contributed by atoms with E-state index < -0.39 is 0 Å². The molecule has 0 atom stereocenters. The Kier molecular flexibility index (Phi) is 11.6. The van der Waals surface area contributed by atoms with E-state index >= 15 is 0 Å². The molecule has 4 heteroatoms. The van der Waals surface area contributed by atoms with Crippen molar-refractivity contribution in [3.8, 4) is 34.0 Å². The molecule has 1 heterocycles. The van der Waals surface area contributed by atoms with Crippen LogP contribution >= 0.6 is 0 Å². The van der Waals surface area contributed by atoms with Crippen LogP contribution in [0, 0.1) is 0 Å². The number of rotatable bonds is 15. The fourth-order valence-electron chi connectivity index (χ4n) is 3.61. The number of nitrogens with zero attached hydrogens (tertiary/aromatic N) is 2. The highest BCUT2D eigenvalue weighted by molar-refractivity contribution is 5.64. The molecule has 35 heavy (non-hydrogen) atoms. The molecule has 0 saturated carbocycles. The van der Waals surface area contributed by atoms with Crippen LogP contribution in [0.2, 0.25) is 0 Å². The van der Waals surface area contributed by atoms with Crippen molar-refractivity contribution < 1.29 is 9.47 Å². The molecule has 3 rings (SSSR count). The lowest BCUT2D eigenvalue weighted by atomic mass is 10.1. The molecule has 184 valence electrons. The Morgan fingerprint density at radius 2 is 1.29 bits per heavy atom. The molecule has 1 aromatic heterocycles. The van der Waals surface area contributed by atoms with Crippen molar-refractivity contribution in [3.05, 3.63) is 78.8 Å². The van der Waals surface area contributed by atoms with Gasteiger partial charge in [-0.15, -0.1) is 5.73 Å². The van der Waals surface area contributed by atoms with Crippen molar-refractivity contribution in [1.29, 1.82) is 0 Å². The predicted molar refractivity (Wildman–Crippen MR) is 145 cm³/mol. The molecule has 0 fully saturated rings. The first-order chi connectivity index (χ1) is 17.3. The molecule has 0 spiro atoms. The number of benzene rings is 2. The topological polar surface area (TPSA) is 44.2 Å². The zero-order valence-corrected chi connectivity index (χ0v) is 21.2. The van der Waals surface area contributed by atoms with Gasteiger partial charge in [-0.1, -0.05) is 58.1 Å². The van der Waals surface area contributed by atoms with E-state index in [0.717, 1.165) is 54.1 Å². The van der Waals surface area contributed by atoms with Crippen molar-refractivity contribution in [2.45, 2.75) is 65.2 Å². The van der Waals surface area contributed by atoms with E-state index in [-0.39, 0.29) is 0 Å². The van der Waals surface area contributed by atoms with Crippen LogP contribution in [0.5, 0.6) is 11.5 Å². The predicted octanol–water partition coefficient (Wildman–Crippen LogP) is 8.44. The molecule has 2 aromatic carbocycles. The van der Waals surface area contributed by atoms with Gasteiger partial charge < -0.3 is 9.47 Å². The first-order valence-corrected chi connectivity index (χ1v) is 13.0. The SMILES string of the molecule is CCCCCCCC=C=CCOc1ccc(-c2cnc(-c3ccc(OCCCC)cc3)nc2)cc1. The van der Waals surface area contributed by atoms with Crippen LogP contribution in [0.25, 0.3) is 22.5 Å². The normalized spacial score (nSPS) is 10.5. The smallest absolute Gasteiger partial charge is 0.159 e. The van der Waals surface area contributed by atoms with Crippen molar-refractivity contribution in [1.82, 2.24) is 9.97 Å². The fourth-order valence-corrected chi connectivity index (χ4v) is 3.61. The molecule has 0 radical (unpaired) electrons. The average Bonchev–Trinajstić information content (AvgIpc) is 2.91. The quantitative estimate of drug-likeness (QED) is 0.165. The van der Waals surface area contributed by atoms with E-state index in [1.54, 1.807) is 0 Å². The Bertz CT molecular complexity index is 1030. The Hall–Kier alpha value is -3.36. The van der Waals surface area contributed by atoms with Gasteiger partial charge in [-0.25, -0.2) is 9.97 Å². The molecule has 0 aliphatic carbocycles. The van der Waals surface area contributed by atoms with Crippen LogP contribution < -0.4 is 9.47 Å². The molecular weight excluding hydrogens is 432 g/mol. The molecule has 0 N–H and O–H groups in total. The summed E-state index contributed by atoms with van der Waals surface area (Å²) in [5.41, 5.74) is 6.22. The summed E-state index contributed by atoms with van der Waals surface area (Å²) < 4.78 is 11.5. The monoisotopic (exact) mass is 470 g/mol. The van der Waals surface area contributed by atoms with E-state index in [4.69, 9.17) is 9.47 Å². The lowest BCUT2D eigenvalue weighted by Crippen LogP contribution is -1.96. The average molecular weight is 471 g/mol. The first kappa shape index (κ1) is 26.2. The van der Waals surface area contributed by atoms with Gasteiger partial charge in [0.05, 0.1) is 6.61 Å². The lowest BCUT2D eigenvalue weighted by molar-refractivity contribution is 0.309. The van der Waals surface area contributed by atoms with E-state index in [0.29, 0.717) is 12.4 Å². The highest BCUT2D eigenvalue weighted by Gasteiger charge is 2.04. The lowest BCUT2D eigenvalue weighted by Gasteiger charge is -2.07. The van der Waals surface area contributed by atoms with Crippen LogP contribution in [0.3, 0.4) is 0 Å². The Morgan fingerprint density at radius 1 is 0.657 bits per heavy atom. The van der Waals surface area contributed by atoms with E-state index in [1.807, 2.05) is 67.0 Å². The highest BCUT2D eigenvalue weighted by atomic mass is 16.5. The third-order valence-corrected chi connectivity index (χ3v) is 5.74. The molecular formula is C31H38N2O2. The van der Waals surface area contributed by atoms with Crippen molar-refractivity contribution in [2.24, 2.45) is 0 Å². The van der Waals surface area contributed by atoms with Crippen LogP contribution in [-0.2, 0) is 0 Å². The van der Waals surface area contributed by atoms with Gasteiger partial charge in [0.2, 0.25) is 0 Å². The maximum absolute atomic E-state index is 5.79. The number of unbranched alkanes of at least 4 members (excludes halogenated alkanes) is 6. The minimum atomic E-state index is 0.520. The zero-order chi connectivity index (χ0) is 24.6. The van der Waals surface area contributed by atoms with Crippen LogP contribution in [0.4, 0.5) is 0 Å². The summed E-state index contributed by atoms with van der Waals surface area (Å²) >= 11 is 0. The Balaban J connectivity index is 1.46. The summed E-state index contributed by atoms with van der Waals surface area (Å²) in [6.07, 6.45) is 17.6. The van der Waals surface area contributed by atoms with Gasteiger partial charge in [0, 0.05) is 23.5 Å². The van der Waals surface area contributed by atoms with Gasteiger partial charge in [-0.05, 0) is 73.4 Å². The van der Waals surface area contributed by atoms with E-state index in [9.17, 15) is 0 Å². The number of ether oxygens (including phenoxy) is 2. The van der Waals surface area contributed by atoms with Crippen LogP contribution in [0.15, 0.2) is 78.8 Å². The summed E-state index contributed by atoms with van der Waals surface area (Å²) in [6.45, 7) is 5.67. The first-order valence-electron chi connectivity index (χ1n) is 13.0.